The number of hydrogen-bond donors (Lipinski definition) is 0. The molecule has 1 aromatic heterocycles. The van der Waals surface area contributed by atoms with E-state index in [2.05, 4.69) is 4.98 Å². The summed E-state index contributed by atoms with van der Waals surface area (Å²) in [5.41, 5.74) is 2.85. The second-order valence-corrected chi connectivity index (χ2v) is 5.71. The molecule has 2 heterocycles. The molecule has 1 aliphatic rings. The first kappa shape index (κ1) is 12.6. The average molecular weight is 293 g/mol. The number of rotatable bonds is 3. The molecular weight excluding hydrogens is 280 g/mol. The molecule has 19 heavy (non-hydrogen) atoms. The average Bonchev–Trinajstić information content (AvgIpc) is 2.90. The largest absolute Gasteiger partial charge is 0.332 e. The van der Waals surface area contributed by atoms with Crippen molar-refractivity contribution in [2.24, 2.45) is 0 Å². The molecule has 5 heteroatoms. The summed E-state index contributed by atoms with van der Waals surface area (Å²) >= 11 is 7.30. The summed E-state index contributed by atoms with van der Waals surface area (Å²) < 4.78 is 0. The van der Waals surface area contributed by atoms with Crippen molar-refractivity contribution in [2.45, 2.75) is 18.8 Å². The molecule has 1 aliphatic heterocycles. The van der Waals surface area contributed by atoms with E-state index < -0.39 is 0 Å². The number of benzene rings is 1. The van der Waals surface area contributed by atoms with E-state index in [1.165, 1.54) is 0 Å². The Balaban J connectivity index is 1.79. The van der Waals surface area contributed by atoms with Gasteiger partial charge in [0.2, 0.25) is 0 Å². The predicted molar refractivity (Wildman–Crippen MR) is 76.6 cm³/mol. The minimum atomic E-state index is 0.101. The third-order valence-electron chi connectivity index (χ3n) is 3.25. The van der Waals surface area contributed by atoms with Crippen LogP contribution in [0, 0.1) is 0 Å². The van der Waals surface area contributed by atoms with E-state index in [0.717, 1.165) is 34.8 Å². The molecule has 0 spiro atoms. The van der Waals surface area contributed by atoms with Gasteiger partial charge in [0, 0.05) is 17.5 Å². The topological polar surface area (TPSA) is 33.2 Å². The summed E-state index contributed by atoms with van der Waals surface area (Å²) in [6, 6.07) is 7.82. The summed E-state index contributed by atoms with van der Waals surface area (Å²) in [5, 5.41) is 2.90. The van der Waals surface area contributed by atoms with Crippen molar-refractivity contribution in [1.29, 1.82) is 0 Å². The molecule has 0 unspecified atom stereocenters. The molecule has 0 saturated carbocycles. The van der Waals surface area contributed by atoms with Crippen molar-refractivity contribution < 1.29 is 4.79 Å². The number of hydrogen-bond acceptors (Lipinski definition) is 3. The van der Waals surface area contributed by atoms with Crippen molar-refractivity contribution >= 4 is 28.8 Å². The highest BCUT2D eigenvalue weighted by Crippen LogP contribution is 2.21. The molecule has 0 fully saturated rings. The maximum Gasteiger partial charge on any atom is 0.254 e. The Morgan fingerprint density at radius 2 is 2.21 bits per heavy atom. The Labute approximate surface area is 120 Å². The minimum Gasteiger partial charge on any atom is -0.332 e. The quantitative estimate of drug-likeness (QED) is 0.815. The van der Waals surface area contributed by atoms with Crippen molar-refractivity contribution in [1.82, 2.24) is 9.88 Å². The van der Waals surface area contributed by atoms with Gasteiger partial charge in [-0.05, 0) is 18.1 Å². The fourth-order valence-electron chi connectivity index (χ4n) is 2.27. The van der Waals surface area contributed by atoms with E-state index in [4.69, 9.17) is 11.6 Å². The van der Waals surface area contributed by atoms with Crippen LogP contribution in [-0.4, -0.2) is 22.3 Å². The Kier molecular flexibility index (Phi) is 3.53. The van der Waals surface area contributed by atoms with Gasteiger partial charge in [0.1, 0.15) is 5.01 Å². The number of amides is 1. The lowest BCUT2D eigenvalue weighted by Crippen LogP contribution is -2.36. The van der Waals surface area contributed by atoms with E-state index >= 15 is 0 Å². The first-order valence-corrected chi connectivity index (χ1v) is 7.56. The van der Waals surface area contributed by atoms with Crippen LogP contribution in [0.15, 0.2) is 29.6 Å². The third-order valence-corrected chi connectivity index (χ3v) is 4.40. The molecule has 0 atom stereocenters. The molecule has 98 valence electrons. The molecule has 0 saturated heterocycles. The van der Waals surface area contributed by atoms with Gasteiger partial charge in [-0.15, -0.1) is 22.9 Å². The Morgan fingerprint density at radius 3 is 3.00 bits per heavy atom. The van der Waals surface area contributed by atoms with Gasteiger partial charge in [-0.1, -0.05) is 18.2 Å². The first-order valence-electron chi connectivity index (χ1n) is 6.14. The van der Waals surface area contributed by atoms with Crippen molar-refractivity contribution in [3.63, 3.8) is 0 Å². The maximum absolute atomic E-state index is 12.4. The highest BCUT2D eigenvalue weighted by Gasteiger charge is 2.24. The standard InChI is InChI=1S/C14H13ClN2OS/c15-7-11-9-19-13(16-11)8-17-6-5-10-3-1-2-4-12(10)14(17)18/h1-4,9H,5-8H2. The van der Waals surface area contributed by atoms with Gasteiger partial charge in [-0.3, -0.25) is 4.79 Å². The number of carbonyl (C=O) groups is 1. The number of fused-ring (bicyclic) bond motifs is 1. The summed E-state index contributed by atoms with van der Waals surface area (Å²) in [7, 11) is 0. The maximum atomic E-state index is 12.4. The Bertz CT molecular complexity index is 611. The van der Waals surface area contributed by atoms with Crippen LogP contribution in [0.5, 0.6) is 0 Å². The third kappa shape index (κ3) is 2.51. The van der Waals surface area contributed by atoms with Gasteiger partial charge in [0.05, 0.1) is 18.1 Å². The molecule has 0 N–H and O–H groups in total. The summed E-state index contributed by atoms with van der Waals surface area (Å²) in [6.45, 7) is 1.33. The van der Waals surface area contributed by atoms with Gasteiger partial charge in [-0.25, -0.2) is 4.98 Å². The summed E-state index contributed by atoms with van der Waals surface area (Å²) in [5.74, 6) is 0.525. The van der Waals surface area contributed by atoms with Crippen LogP contribution in [0.2, 0.25) is 0 Å². The molecule has 2 aromatic rings. The van der Waals surface area contributed by atoms with Gasteiger partial charge >= 0.3 is 0 Å². The number of alkyl halides is 1. The Morgan fingerprint density at radius 1 is 1.37 bits per heavy atom. The van der Waals surface area contributed by atoms with Crippen LogP contribution in [0.4, 0.5) is 0 Å². The SMILES string of the molecule is O=C1c2ccccc2CCN1Cc1nc(CCl)cs1. The zero-order valence-electron chi connectivity index (χ0n) is 10.3. The van der Waals surface area contributed by atoms with E-state index in [1.807, 2.05) is 34.5 Å². The molecule has 3 rings (SSSR count). The first-order chi connectivity index (χ1) is 9.28. The van der Waals surface area contributed by atoms with E-state index in [0.29, 0.717) is 12.4 Å². The van der Waals surface area contributed by atoms with Crippen molar-refractivity contribution in [2.75, 3.05) is 6.54 Å². The summed E-state index contributed by atoms with van der Waals surface area (Å²) in [6.07, 6.45) is 0.912. The van der Waals surface area contributed by atoms with Crippen LogP contribution in [0.1, 0.15) is 26.6 Å². The predicted octanol–water partition coefficient (Wildman–Crippen LogP) is 3.08. The highest BCUT2D eigenvalue weighted by atomic mass is 35.5. The molecule has 0 aliphatic carbocycles. The number of nitrogens with zero attached hydrogens (tertiary/aromatic N) is 2. The molecular formula is C14H13ClN2OS. The van der Waals surface area contributed by atoms with Crippen molar-refractivity contribution in [3.8, 4) is 0 Å². The lowest BCUT2D eigenvalue weighted by Gasteiger charge is -2.27. The van der Waals surface area contributed by atoms with E-state index in [9.17, 15) is 4.79 Å². The number of aromatic nitrogens is 1. The van der Waals surface area contributed by atoms with Crippen molar-refractivity contribution in [3.05, 3.63) is 51.5 Å². The number of thiazole rings is 1. The van der Waals surface area contributed by atoms with Gasteiger partial charge in [0.25, 0.3) is 5.91 Å². The van der Waals surface area contributed by atoms with Crippen LogP contribution >= 0.6 is 22.9 Å². The van der Waals surface area contributed by atoms with Crippen LogP contribution in [-0.2, 0) is 18.8 Å². The van der Waals surface area contributed by atoms with Gasteiger partial charge in [0.15, 0.2) is 0 Å². The fourth-order valence-corrected chi connectivity index (χ4v) is 3.31. The highest BCUT2D eigenvalue weighted by molar-refractivity contribution is 7.09. The molecule has 1 aromatic carbocycles. The molecule has 1 amide bonds. The molecule has 3 nitrogen and oxygen atoms in total. The van der Waals surface area contributed by atoms with Crippen LogP contribution in [0.25, 0.3) is 0 Å². The normalized spacial score (nSPS) is 14.6. The second kappa shape index (κ2) is 5.31. The monoisotopic (exact) mass is 292 g/mol. The van der Waals surface area contributed by atoms with E-state index in [1.54, 1.807) is 11.3 Å². The summed E-state index contributed by atoms with van der Waals surface area (Å²) in [4.78, 5) is 18.6. The minimum absolute atomic E-state index is 0.101. The van der Waals surface area contributed by atoms with Gasteiger partial charge < -0.3 is 4.90 Å². The zero-order valence-corrected chi connectivity index (χ0v) is 11.9. The van der Waals surface area contributed by atoms with Crippen LogP contribution < -0.4 is 0 Å². The molecule has 0 radical (unpaired) electrons. The fraction of sp³-hybridized carbons (Fsp3) is 0.286. The second-order valence-electron chi connectivity index (χ2n) is 4.50. The van der Waals surface area contributed by atoms with Crippen LogP contribution in [0.3, 0.4) is 0 Å². The lowest BCUT2D eigenvalue weighted by molar-refractivity contribution is 0.0727. The lowest BCUT2D eigenvalue weighted by atomic mass is 9.99. The van der Waals surface area contributed by atoms with E-state index in [-0.39, 0.29) is 5.91 Å². The number of halogens is 1. The molecule has 0 bridgehead atoms. The number of carbonyl (C=O) groups excluding carboxylic acids is 1. The zero-order chi connectivity index (χ0) is 13.2. The van der Waals surface area contributed by atoms with Gasteiger partial charge in [-0.2, -0.15) is 0 Å². The Hall–Kier alpha value is -1.39. The smallest absolute Gasteiger partial charge is 0.254 e.